The Labute approximate surface area is 125 Å². The van der Waals surface area contributed by atoms with Gasteiger partial charge in [0, 0.05) is 17.4 Å². The second-order valence-corrected chi connectivity index (χ2v) is 5.63. The Morgan fingerprint density at radius 1 is 1.35 bits per heavy atom. The topological polar surface area (TPSA) is 42.7 Å². The summed E-state index contributed by atoms with van der Waals surface area (Å²) >= 11 is 3.42. The minimum absolute atomic E-state index is 0.0308. The van der Waals surface area contributed by atoms with Crippen molar-refractivity contribution in [2.75, 3.05) is 13.1 Å². The Morgan fingerprint density at radius 3 is 3.00 bits per heavy atom. The van der Waals surface area contributed by atoms with Crippen LogP contribution in [0.2, 0.25) is 0 Å². The number of hydrogen-bond donors (Lipinski definition) is 0. The zero-order chi connectivity index (χ0) is 13.9. The summed E-state index contributed by atoms with van der Waals surface area (Å²) in [4.78, 5) is 13.9. The summed E-state index contributed by atoms with van der Waals surface area (Å²) in [6.07, 6.45) is 2.38. The molecule has 0 N–H and O–H groups in total. The Bertz CT molecular complexity index is 597. The monoisotopic (exact) mass is 335 g/mol. The first-order valence-electron chi connectivity index (χ1n) is 6.47. The van der Waals surface area contributed by atoms with Gasteiger partial charge in [-0.05, 0) is 30.3 Å². The summed E-state index contributed by atoms with van der Waals surface area (Å²) in [7, 11) is 0. The molecule has 1 unspecified atom stereocenters. The second kappa shape index (κ2) is 5.71. The van der Waals surface area contributed by atoms with E-state index in [1.54, 1.807) is 17.0 Å². The van der Waals surface area contributed by atoms with E-state index >= 15 is 0 Å². The number of carbonyl (C=O) groups excluding carboxylic acids is 1. The summed E-state index contributed by atoms with van der Waals surface area (Å²) in [5.74, 6) is 1.13. The van der Waals surface area contributed by atoms with Crippen molar-refractivity contribution >= 4 is 21.8 Å². The van der Waals surface area contributed by atoms with Gasteiger partial charge in [-0.3, -0.25) is 4.79 Å². The predicted molar refractivity (Wildman–Crippen MR) is 77.8 cm³/mol. The van der Waals surface area contributed by atoms with Crippen molar-refractivity contribution in [1.29, 1.82) is 0 Å². The van der Waals surface area contributed by atoms with Crippen molar-refractivity contribution in [2.24, 2.45) is 0 Å². The minimum atomic E-state index is -0.0738. The van der Waals surface area contributed by atoms with Crippen molar-refractivity contribution < 1.29 is 13.9 Å². The second-order valence-electron chi connectivity index (χ2n) is 4.71. The van der Waals surface area contributed by atoms with Crippen LogP contribution in [-0.2, 0) is 0 Å². The van der Waals surface area contributed by atoms with E-state index in [9.17, 15) is 4.79 Å². The highest BCUT2D eigenvalue weighted by atomic mass is 79.9. The molecule has 5 heteroatoms. The number of likely N-dealkylation sites (tertiary alicyclic amines) is 1. The molecule has 0 saturated carbocycles. The highest BCUT2D eigenvalue weighted by Crippen LogP contribution is 2.22. The number of rotatable bonds is 3. The molecule has 1 fully saturated rings. The largest absolute Gasteiger partial charge is 0.488 e. The van der Waals surface area contributed by atoms with Crippen LogP contribution in [0.5, 0.6) is 5.75 Å². The molecule has 2 aromatic rings. The molecule has 1 aromatic heterocycles. The van der Waals surface area contributed by atoms with Gasteiger partial charge in [0.15, 0.2) is 5.76 Å². The molecule has 1 amide bonds. The van der Waals surface area contributed by atoms with Gasteiger partial charge in [-0.2, -0.15) is 0 Å². The Hall–Kier alpha value is -1.75. The molecular formula is C15H14BrNO3. The lowest BCUT2D eigenvalue weighted by Gasteiger charge is -2.16. The first-order chi connectivity index (χ1) is 9.72. The molecule has 4 nitrogen and oxygen atoms in total. The molecule has 0 spiro atoms. The molecule has 104 valence electrons. The minimum Gasteiger partial charge on any atom is -0.488 e. The lowest BCUT2D eigenvalue weighted by Crippen LogP contribution is -2.30. The highest BCUT2D eigenvalue weighted by Gasteiger charge is 2.29. The van der Waals surface area contributed by atoms with Crippen LogP contribution in [0.3, 0.4) is 0 Å². The number of halogens is 1. The van der Waals surface area contributed by atoms with Crippen LogP contribution in [0.25, 0.3) is 0 Å². The number of hydrogen-bond acceptors (Lipinski definition) is 3. The van der Waals surface area contributed by atoms with E-state index in [-0.39, 0.29) is 12.0 Å². The molecule has 1 saturated heterocycles. The van der Waals surface area contributed by atoms with Gasteiger partial charge < -0.3 is 14.1 Å². The molecule has 1 aliphatic heterocycles. The fourth-order valence-corrected chi connectivity index (χ4v) is 2.68. The molecule has 0 bridgehead atoms. The molecule has 20 heavy (non-hydrogen) atoms. The average Bonchev–Trinajstić information content (AvgIpc) is 3.09. The third-order valence-electron chi connectivity index (χ3n) is 3.26. The lowest BCUT2D eigenvalue weighted by molar-refractivity contribution is 0.0741. The number of carbonyl (C=O) groups is 1. The van der Waals surface area contributed by atoms with Gasteiger partial charge in [-0.25, -0.2) is 0 Å². The summed E-state index contributed by atoms with van der Waals surface area (Å²) in [5, 5.41) is 0. The van der Waals surface area contributed by atoms with Crippen LogP contribution in [0, 0.1) is 0 Å². The molecule has 1 aliphatic rings. The van der Waals surface area contributed by atoms with E-state index in [1.165, 1.54) is 6.26 Å². The Balaban J connectivity index is 1.61. The van der Waals surface area contributed by atoms with E-state index in [0.717, 1.165) is 16.6 Å². The first kappa shape index (κ1) is 13.2. The summed E-state index contributed by atoms with van der Waals surface area (Å²) < 4.78 is 12.0. The third-order valence-corrected chi connectivity index (χ3v) is 3.76. The van der Waals surface area contributed by atoms with Crippen molar-refractivity contribution in [2.45, 2.75) is 12.5 Å². The van der Waals surface area contributed by atoms with Gasteiger partial charge in [0.25, 0.3) is 5.91 Å². The fourth-order valence-electron chi connectivity index (χ4n) is 2.30. The van der Waals surface area contributed by atoms with E-state index in [0.29, 0.717) is 18.8 Å². The SMILES string of the molecule is O=C(c1ccco1)N1CCC(Oc2cccc(Br)c2)C1. The predicted octanol–water partition coefficient (Wildman–Crippen LogP) is 3.34. The maximum absolute atomic E-state index is 12.1. The zero-order valence-electron chi connectivity index (χ0n) is 10.8. The van der Waals surface area contributed by atoms with Crippen LogP contribution in [0.4, 0.5) is 0 Å². The molecule has 0 radical (unpaired) electrons. The summed E-state index contributed by atoms with van der Waals surface area (Å²) in [6, 6.07) is 11.1. The molecule has 0 aliphatic carbocycles. The van der Waals surface area contributed by atoms with Crippen LogP contribution < -0.4 is 4.74 Å². The van der Waals surface area contributed by atoms with Gasteiger partial charge in [0.1, 0.15) is 11.9 Å². The van der Waals surface area contributed by atoms with Crippen molar-refractivity contribution in [3.8, 4) is 5.75 Å². The average molecular weight is 336 g/mol. The quantitative estimate of drug-likeness (QED) is 0.863. The number of ether oxygens (including phenoxy) is 1. The fraction of sp³-hybridized carbons (Fsp3) is 0.267. The highest BCUT2D eigenvalue weighted by molar-refractivity contribution is 9.10. The Morgan fingerprint density at radius 2 is 2.25 bits per heavy atom. The van der Waals surface area contributed by atoms with Crippen molar-refractivity contribution in [1.82, 2.24) is 4.90 Å². The van der Waals surface area contributed by atoms with E-state index < -0.39 is 0 Å². The lowest BCUT2D eigenvalue weighted by atomic mass is 10.3. The van der Waals surface area contributed by atoms with Crippen molar-refractivity contribution in [3.63, 3.8) is 0 Å². The van der Waals surface area contributed by atoms with Crippen LogP contribution >= 0.6 is 15.9 Å². The first-order valence-corrected chi connectivity index (χ1v) is 7.27. The number of nitrogens with zero attached hydrogens (tertiary/aromatic N) is 1. The van der Waals surface area contributed by atoms with Crippen molar-refractivity contribution in [3.05, 3.63) is 52.9 Å². The van der Waals surface area contributed by atoms with Gasteiger partial charge in [0.2, 0.25) is 0 Å². The maximum atomic E-state index is 12.1. The number of furan rings is 1. The molecule has 2 heterocycles. The zero-order valence-corrected chi connectivity index (χ0v) is 12.4. The van der Waals surface area contributed by atoms with E-state index in [2.05, 4.69) is 15.9 Å². The maximum Gasteiger partial charge on any atom is 0.289 e. The van der Waals surface area contributed by atoms with Gasteiger partial charge >= 0.3 is 0 Å². The summed E-state index contributed by atoms with van der Waals surface area (Å²) in [6.45, 7) is 1.28. The smallest absolute Gasteiger partial charge is 0.289 e. The van der Waals surface area contributed by atoms with Crippen LogP contribution in [0.1, 0.15) is 17.0 Å². The van der Waals surface area contributed by atoms with Crippen LogP contribution in [0.15, 0.2) is 51.6 Å². The van der Waals surface area contributed by atoms with E-state index in [4.69, 9.17) is 9.15 Å². The molecule has 3 rings (SSSR count). The third kappa shape index (κ3) is 2.88. The normalized spacial score (nSPS) is 18.2. The number of benzene rings is 1. The van der Waals surface area contributed by atoms with Gasteiger partial charge in [-0.1, -0.05) is 22.0 Å². The van der Waals surface area contributed by atoms with Crippen LogP contribution in [-0.4, -0.2) is 30.0 Å². The van der Waals surface area contributed by atoms with E-state index in [1.807, 2.05) is 24.3 Å². The molecular weight excluding hydrogens is 322 g/mol. The molecule has 1 atom stereocenters. The van der Waals surface area contributed by atoms with Gasteiger partial charge in [0.05, 0.1) is 12.8 Å². The summed E-state index contributed by atoms with van der Waals surface area (Å²) in [5.41, 5.74) is 0. The molecule has 1 aromatic carbocycles. The number of amides is 1. The Kier molecular flexibility index (Phi) is 3.78. The standard InChI is InChI=1S/C15H14BrNO3/c16-11-3-1-4-12(9-11)20-13-6-7-17(10-13)15(18)14-5-2-8-19-14/h1-5,8-9,13H,6-7,10H2. The van der Waals surface area contributed by atoms with Gasteiger partial charge in [-0.15, -0.1) is 0 Å².